The van der Waals surface area contributed by atoms with Gasteiger partial charge in [-0.15, -0.1) is 0 Å². The lowest BCUT2D eigenvalue weighted by Gasteiger charge is -2.10. The van der Waals surface area contributed by atoms with Gasteiger partial charge < -0.3 is 0 Å². The van der Waals surface area contributed by atoms with Gasteiger partial charge in [0.25, 0.3) is 0 Å². The number of unbranched alkanes of at least 4 members (excludes halogenated alkanes) is 13. The van der Waals surface area contributed by atoms with E-state index in [-0.39, 0.29) is 0 Å². The van der Waals surface area contributed by atoms with E-state index in [4.69, 9.17) is 0 Å². The summed E-state index contributed by atoms with van der Waals surface area (Å²) in [5.74, 6) is 0.966. The molecule has 21 heavy (non-hydrogen) atoms. The lowest BCUT2D eigenvalue weighted by Crippen LogP contribution is -1.94. The number of hydrogen-bond acceptors (Lipinski definition) is 0. The molecule has 0 aliphatic carbocycles. The van der Waals surface area contributed by atoms with Gasteiger partial charge in [0.05, 0.1) is 0 Å². The van der Waals surface area contributed by atoms with Crippen molar-refractivity contribution in [3.63, 3.8) is 0 Å². The zero-order valence-corrected chi connectivity index (χ0v) is 15.3. The standard InChI is InChI=1S/C21H43/c1-4-6-8-9-10-11-12-13-14-15-16-17-18-20-21(3)19-7-5-2/h21H,1,4-20H2,2-3H3. The van der Waals surface area contributed by atoms with Gasteiger partial charge in [0.1, 0.15) is 0 Å². The minimum atomic E-state index is 0.966. The fourth-order valence-corrected chi connectivity index (χ4v) is 3.13. The van der Waals surface area contributed by atoms with Crippen LogP contribution >= 0.6 is 0 Å². The highest BCUT2D eigenvalue weighted by Crippen LogP contribution is 2.17. The van der Waals surface area contributed by atoms with Gasteiger partial charge in [-0.3, -0.25) is 0 Å². The van der Waals surface area contributed by atoms with Gasteiger partial charge in [-0.2, -0.15) is 0 Å². The van der Waals surface area contributed by atoms with E-state index >= 15 is 0 Å². The summed E-state index contributed by atoms with van der Waals surface area (Å²) in [7, 11) is 0. The maximum absolute atomic E-state index is 3.90. The number of rotatable bonds is 17. The SMILES string of the molecule is [CH2]CCCCCCCCCCCCCCC(C)CCCC. The summed E-state index contributed by atoms with van der Waals surface area (Å²) in [6.07, 6.45) is 24.2. The van der Waals surface area contributed by atoms with Crippen LogP contribution in [0, 0.1) is 12.8 Å². The Kier molecular flexibility index (Phi) is 18.1. The average Bonchev–Trinajstić information content (AvgIpc) is 2.49. The molecule has 0 saturated heterocycles. The fourth-order valence-electron chi connectivity index (χ4n) is 3.13. The molecule has 0 aromatic rings. The molecule has 0 nitrogen and oxygen atoms in total. The van der Waals surface area contributed by atoms with Gasteiger partial charge in [-0.25, -0.2) is 0 Å². The normalized spacial score (nSPS) is 12.7. The average molecular weight is 296 g/mol. The molecule has 0 aliphatic rings. The third kappa shape index (κ3) is 18.0. The fraction of sp³-hybridized carbons (Fsp3) is 0.952. The maximum Gasteiger partial charge on any atom is -0.0443 e. The molecular weight excluding hydrogens is 252 g/mol. The molecule has 0 aromatic carbocycles. The second-order valence-corrected chi connectivity index (χ2v) is 7.13. The van der Waals surface area contributed by atoms with Crippen LogP contribution in [0.5, 0.6) is 0 Å². The van der Waals surface area contributed by atoms with Crippen LogP contribution in [0.2, 0.25) is 0 Å². The summed E-state index contributed by atoms with van der Waals surface area (Å²) in [5.41, 5.74) is 0. The van der Waals surface area contributed by atoms with E-state index in [0.29, 0.717) is 0 Å². The lowest BCUT2D eigenvalue weighted by atomic mass is 9.97. The number of hydrogen-bond donors (Lipinski definition) is 0. The van der Waals surface area contributed by atoms with Gasteiger partial charge in [0.15, 0.2) is 0 Å². The van der Waals surface area contributed by atoms with Crippen molar-refractivity contribution >= 4 is 0 Å². The smallest absolute Gasteiger partial charge is 0.0443 e. The van der Waals surface area contributed by atoms with Crippen LogP contribution in [0.1, 0.15) is 123 Å². The molecule has 1 atom stereocenters. The summed E-state index contributed by atoms with van der Waals surface area (Å²) < 4.78 is 0. The monoisotopic (exact) mass is 295 g/mol. The summed E-state index contributed by atoms with van der Waals surface area (Å²) in [5, 5.41) is 0. The van der Waals surface area contributed by atoms with Crippen LogP contribution < -0.4 is 0 Å². The lowest BCUT2D eigenvalue weighted by molar-refractivity contribution is 0.440. The van der Waals surface area contributed by atoms with E-state index in [2.05, 4.69) is 20.8 Å². The summed E-state index contributed by atoms with van der Waals surface area (Å²) >= 11 is 0. The molecule has 0 heteroatoms. The van der Waals surface area contributed by atoms with Crippen molar-refractivity contribution in [1.82, 2.24) is 0 Å². The van der Waals surface area contributed by atoms with E-state index in [1.165, 1.54) is 103 Å². The first-order valence-electron chi connectivity index (χ1n) is 10.1. The summed E-state index contributed by atoms with van der Waals surface area (Å²) in [6.45, 7) is 8.64. The van der Waals surface area contributed by atoms with Crippen LogP contribution in [0.4, 0.5) is 0 Å². The van der Waals surface area contributed by atoms with Gasteiger partial charge in [0.2, 0.25) is 0 Å². The summed E-state index contributed by atoms with van der Waals surface area (Å²) in [4.78, 5) is 0. The Labute approximate surface area is 136 Å². The van der Waals surface area contributed by atoms with Gasteiger partial charge in [0, 0.05) is 0 Å². The van der Waals surface area contributed by atoms with E-state index in [9.17, 15) is 0 Å². The highest BCUT2D eigenvalue weighted by atomic mass is 14.1. The Morgan fingerprint density at radius 2 is 0.952 bits per heavy atom. The van der Waals surface area contributed by atoms with Crippen LogP contribution in [0.3, 0.4) is 0 Å². The molecule has 0 heterocycles. The quantitative estimate of drug-likeness (QED) is 0.238. The van der Waals surface area contributed by atoms with Gasteiger partial charge >= 0.3 is 0 Å². The molecule has 1 unspecified atom stereocenters. The summed E-state index contributed by atoms with van der Waals surface area (Å²) in [6, 6.07) is 0. The minimum Gasteiger partial charge on any atom is -0.0654 e. The topological polar surface area (TPSA) is 0 Å². The van der Waals surface area contributed by atoms with Crippen molar-refractivity contribution in [3.05, 3.63) is 6.92 Å². The van der Waals surface area contributed by atoms with E-state index in [0.717, 1.165) is 12.3 Å². The minimum absolute atomic E-state index is 0.966. The Bertz CT molecular complexity index is 173. The highest BCUT2D eigenvalue weighted by molar-refractivity contribution is 4.55. The molecule has 0 aliphatic heterocycles. The van der Waals surface area contributed by atoms with Crippen molar-refractivity contribution < 1.29 is 0 Å². The third-order valence-corrected chi connectivity index (χ3v) is 4.75. The van der Waals surface area contributed by atoms with Crippen LogP contribution in [0.25, 0.3) is 0 Å². The molecule has 0 spiro atoms. The van der Waals surface area contributed by atoms with Crippen molar-refractivity contribution in [1.29, 1.82) is 0 Å². The molecule has 0 amide bonds. The molecular formula is C21H43. The predicted octanol–water partition coefficient (Wildman–Crippen LogP) is 8.11. The highest BCUT2D eigenvalue weighted by Gasteiger charge is 2.01. The second-order valence-electron chi connectivity index (χ2n) is 7.13. The molecule has 0 saturated carbocycles. The van der Waals surface area contributed by atoms with Crippen molar-refractivity contribution in [2.75, 3.05) is 0 Å². The Balaban J connectivity index is 3.02. The van der Waals surface area contributed by atoms with Crippen molar-refractivity contribution in [3.8, 4) is 0 Å². The van der Waals surface area contributed by atoms with E-state index in [1.807, 2.05) is 0 Å². The largest absolute Gasteiger partial charge is 0.0654 e. The molecule has 0 N–H and O–H groups in total. The molecule has 0 bridgehead atoms. The van der Waals surface area contributed by atoms with Crippen molar-refractivity contribution in [2.45, 2.75) is 123 Å². The van der Waals surface area contributed by atoms with Gasteiger partial charge in [-0.05, 0) is 5.92 Å². The molecule has 0 fully saturated rings. The molecule has 0 aromatic heterocycles. The Hall–Kier alpha value is 0. The van der Waals surface area contributed by atoms with Crippen LogP contribution in [-0.2, 0) is 0 Å². The maximum atomic E-state index is 3.90. The zero-order chi connectivity index (χ0) is 15.6. The first-order chi connectivity index (χ1) is 10.3. The second kappa shape index (κ2) is 18.1. The third-order valence-electron chi connectivity index (χ3n) is 4.75. The van der Waals surface area contributed by atoms with Crippen molar-refractivity contribution in [2.24, 2.45) is 5.92 Å². The van der Waals surface area contributed by atoms with Crippen LogP contribution in [-0.4, -0.2) is 0 Å². The predicted molar refractivity (Wildman–Crippen MR) is 98.7 cm³/mol. The van der Waals surface area contributed by atoms with E-state index in [1.54, 1.807) is 0 Å². The van der Waals surface area contributed by atoms with Gasteiger partial charge in [-0.1, -0.05) is 130 Å². The first kappa shape index (κ1) is 21.0. The molecule has 1 radical (unpaired) electrons. The zero-order valence-electron chi connectivity index (χ0n) is 15.3. The Morgan fingerprint density at radius 3 is 1.38 bits per heavy atom. The first-order valence-corrected chi connectivity index (χ1v) is 10.1. The Morgan fingerprint density at radius 1 is 0.571 bits per heavy atom. The van der Waals surface area contributed by atoms with E-state index < -0.39 is 0 Å². The molecule has 127 valence electrons. The van der Waals surface area contributed by atoms with Crippen LogP contribution in [0.15, 0.2) is 0 Å². The molecule has 0 rings (SSSR count).